The Labute approximate surface area is 93.6 Å². The third-order valence-electron chi connectivity index (χ3n) is 2.37. The van der Waals surface area contributed by atoms with Crippen LogP contribution in [0.4, 0.5) is 0 Å². The van der Waals surface area contributed by atoms with Gasteiger partial charge < -0.3 is 9.84 Å². The molecular weight excluding hydrogens is 216 g/mol. The molecule has 0 atom stereocenters. The number of hydrogen-bond donors (Lipinski definition) is 1. The maximum atomic E-state index is 10.7. The molecule has 1 N–H and O–H groups in total. The van der Waals surface area contributed by atoms with Crippen LogP contribution in [0.25, 0.3) is 0 Å². The van der Waals surface area contributed by atoms with E-state index in [4.69, 9.17) is 21.4 Å². The minimum Gasteiger partial charge on any atom is -0.495 e. The van der Waals surface area contributed by atoms with Crippen LogP contribution in [-0.2, 0) is 11.2 Å². The number of aryl methyl sites for hydroxylation is 1. The summed E-state index contributed by atoms with van der Waals surface area (Å²) in [5.41, 5.74) is 2.42. The van der Waals surface area contributed by atoms with Crippen molar-refractivity contribution >= 4 is 17.6 Å². The third kappa shape index (κ3) is 2.42. The van der Waals surface area contributed by atoms with Gasteiger partial charge in [-0.1, -0.05) is 11.6 Å². The summed E-state index contributed by atoms with van der Waals surface area (Å²) in [6, 6.07) is 1.76. The molecule has 1 aromatic carbocycles. The van der Waals surface area contributed by atoms with E-state index in [-0.39, 0.29) is 6.42 Å². The number of hydrogen-bond acceptors (Lipinski definition) is 2. The highest BCUT2D eigenvalue weighted by Gasteiger charge is 2.14. The normalized spacial score (nSPS) is 10.1. The fourth-order valence-corrected chi connectivity index (χ4v) is 1.78. The molecule has 1 aromatic rings. The molecule has 1 rings (SSSR count). The van der Waals surface area contributed by atoms with Gasteiger partial charge in [0.05, 0.1) is 18.6 Å². The summed E-state index contributed by atoms with van der Waals surface area (Å²) < 4.78 is 5.09. The highest BCUT2D eigenvalue weighted by Crippen LogP contribution is 2.32. The predicted molar refractivity (Wildman–Crippen MR) is 58.8 cm³/mol. The fourth-order valence-electron chi connectivity index (χ4n) is 1.53. The van der Waals surface area contributed by atoms with Gasteiger partial charge in [-0.15, -0.1) is 0 Å². The zero-order chi connectivity index (χ0) is 11.6. The maximum absolute atomic E-state index is 10.7. The van der Waals surface area contributed by atoms with Gasteiger partial charge in [0.25, 0.3) is 0 Å². The molecule has 0 unspecified atom stereocenters. The maximum Gasteiger partial charge on any atom is 0.307 e. The fraction of sp³-hybridized carbons (Fsp3) is 0.364. The zero-order valence-electron chi connectivity index (χ0n) is 8.93. The number of halogens is 1. The second kappa shape index (κ2) is 4.53. The molecule has 0 saturated carbocycles. The highest BCUT2D eigenvalue weighted by atomic mass is 35.5. The van der Waals surface area contributed by atoms with E-state index in [9.17, 15) is 4.79 Å². The molecule has 0 fully saturated rings. The van der Waals surface area contributed by atoms with Crippen LogP contribution in [0, 0.1) is 13.8 Å². The van der Waals surface area contributed by atoms with E-state index in [0.29, 0.717) is 10.8 Å². The van der Waals surface area contributed by atoms with E-state index in [1.807, 2.05) is 6.92 Å². The molecular formula is C11H13ClO3. The zero-order valence-corrected chi connectivity index (χ0v) is 9.68. The molecule has 0 aliphatic heterocycles. The molecule has 3 nitrogen and oxygen atoms in total. The Bertz CT molecular complexity index is 399. The first-order chi connectivity index (χ1) is 6.97. The van der Waals surface area contributed by atoms with Crippen LogP contribution in [0.5, 0.6) is 5.75 Å². The van der Waals surface area contributed by atoms with Gasteiger partial charge in [0.2, 0.25) is 0 Å². The van der Waals surface area contributed by atoms with Crippen molar-refractivity contribution in [2.45, 2.75) is 20.3 Å². The summed E-state index contributed by atoms with van der Waals surface area (Å²) in [6.45, 7) is 3.65. The van der Waals surface area contributed by atoms with E-state index in [2.05, 4.69) is 0 Å². The van der Waals surface area contributed by atoms with Gasteiger partial charge in [0, 0.05) is 0 Å². The van der Waals surface area contributed by atoms with Gasteiger partial charge in [0.1, 0.15) is 5.75 Å². The van der Waals surface area contributed by atoms with Crippen molar-refractivity contribution in [2.75, 3.05) is 7.11 Å². The van der Waals surface area contributed by atoms with Gasteiger partial charge in [-0.25, -0.2) is 0 Å². The third-order valence-corrected chi connectivity index (χ3v) is 2.84. The second-order valence-corrected chi connectivity index (χ2v) is 3.76. The quantitative estimate of drug-likeness (QED) is 0.865. The summed E-state index contributed by atoms with van der Waals surface area (Å²) in [7, 11) is 1.54. The first-order valence-electron chi connectivity index (χ1n) is 4.51. The Kier molecular flexibility index (Phi) is 3.58. The monoisotopic (exact) mass is 228 g/mol. The van der Waals surface area contributed by atoms with Gasteiger partial charge in [-0.3, -0.25) is 4.79 Å². The van der Waals surface area contributed by atoms with Crippen molar-refractivity contribution in [1.82, 2.24) is 0 Å². The van der Waals surface area contributed by atoms with Crippen molar-refractivity contribution in [1.29, 1.82) is 0 Å². The summed E-state index contributed by atoms with van der Waals surface area (Å²) in [6.07, 6.45) is -0.0125. The van der Waals surface area contributed by atoms with Crippen LogP contribution >= 0.6 is 11.6 Å². The summed E-state index contributed by atoms with van der Waals surface area (Å²) >= 11 is 6.04. The number of ether oxygens (including phenoxy) is 1. The van der Waals surface area contributed by atoms with Gasteiger partial charge >= 0.3 is 5.97 Å². The second-order valence-electron chi connectivity index (χ2n) is 3.38. The van der Waals surface area contributed by atoms with Crippen molar-refractivity contribution in [3.8, 4) is 5.75 Å². The van der Waals surface area contributed by atoms with Crippen molar-refractivity contribution in [3.63, 3.8) is 0 Å². The topological polar surface area (TPSA) is 46.5 Å². The Morgan fingerprint density at radius 1 is 1.53 bits per heavy atom. The average Bonchev–Trinajstić information content (AvgIpc) is 2.18. The van der Waals surface area contributed by atoms with Crippen LogP contribution in [0.3, 0.4) is 0 Å². The number of methoxy groups -OCH3 is 1. The Hall–Kier alpha value is -1.22. The van der Waals surface area contributed by atoms with E-state index < -0.39 is 5.97 Å². The standard InChI is InChI=1S/C11H13ClO3/c1-6-4-9(15-3)11(12)7(2)8(6)5-10(13)14/h4H,5H2,1-3H3,(H,13,14). The lowest BCUT2D eigenvalue weighted by Crippen LogP contribution is -2.05. The molecule has 0 aliphatic carbocycles. The van der Waals surface area contributed by atoms with Crippen molar-refractivity contribution in [2.24, 2.45) is 0 Å². The first kappa shape index (κ1) is 11.9. The van der Waals surface area contributed by atoms with Crippen LogP contribution in [0.15, 0.2) is 6.07 Å². The molecule has 0 radical (unpaired) electrons. The molecule has 4 heteroatoms. The molecule has 15 heavy (non-hydrogen) atoms. The molecule has 0 aliphatic rings. The smallest absolute Gasteiger partial charge is 0.307 e. The van der Waals surface area contributed by atoms with Gasteiger partial charge in [-0.2, -0.15) is 0 Å². The number of rotatable bonds is 3. The highest BCUT2D eigenvalue weighted by molar-refractivity contribution is 6.33. The van der Waals surface area contributed by atoms with Crippen LogP contribution < -0.4 is 4.74 Å². The number of aliphatic carboxylic acids is 1. The SMILES string of the molecule is COc1cc(C)c(CC(=O)O)c(C)c1Cl. The van der Waals surface area contributed by atoms with Gasteiger partial charge in [-0.05, 0) is 36.6 Å². The molecule has 0 bridgehead atoms. The number of carboxylic acids is 1. The Balaban J connectivity index is 3.29. The molecule has 0 spiro atoms. The van der Waals surface area contributed by atoms with Gasteiger partial charge in [0.15, 0.2) is 0 Å². The molecule has 0 heterocycles. The lowest BCUT2D eigenvalue weighted by atomic mass is 9.99. The number of benzene rings is 1. The molecule has 0 amide bonds. The Morgan fingerprint density at radius 2 is 2.13 bits per heavy atom. The first-order valence-corrected chi connectivity index (χ1v) is 4.89. The average molecular weight is 229 g/mol. The van der Waals surface area contributed by atoms with Crippen LogP contribution in [0.1, 0.15) is 16.7 Å². The van der Waals surface area contributed by atoms with E-state index in [1.54, 1.807) is 13.0 Å². The van der Waals surface area contributed by atoms with E-state index in [0.717, 1.165) is 16.7 Å². The summed E-state index contributed by atoms with van der Waals surface area (Å²) in [5.74, 6) is -0.275. The summed E-state index contributed by atoms with van der Waals surface area (Å²) in [4.78, 5) is 10.7. The van der Waals surface area contributed by atoms with Crippen molar-refractivity contribution < 1.29 is 14.6 Å². The minimum atomic E-state index is -0.859. The number of carbonyl (C=O) groups is 1. The molecule has 0 saturated heterocycles. The van der Waals surface area contributed by atoms with E-state index in [1.165, 1.54) is 7.11 Å². The number of carboxylic acid groups (broad SMARTS) is 1. The lowest BCUT2D eigenvalue weighted by Gasteiger charge is -2.13. The van der Waals surface area contributed by atoms with Crippen LogP contribution in [-0.4, -0.2) is 18.2 Å². The summed E-state index contributed by atoms with van der Waals surface area (Å²) in [5, 5.41) is 9.24. The van der Waals surface area contributed by atoms with Crippen molar-refractivity contribution in [3.05, 3.63) is 27.8 Å². The van der Waals surface area contributed by atoms with Crippen LogP contribution in [0.2, 0.25) is 5.02 Å². The minimum absolute atomic E-state index is 0.0125. The molecule has 0 aromatic heterocycles. The van der Waals surface area contributed by atoms with E-state index >= 15 is 0 Å². The largest absolute Gasteiger partial charge is 0.495 e. The Morgan fingerprint density at radius 3 is 2.60 bits per heavy atom. The predicted octanol–water partition coefficient (Wildman–Crippen LogP) is 2.59. The lowest BCUT2D eigenvalue weighted by molar-refractivity contribution is -0.136. The molecule has 82 valence electrons.